The number of rotatable bonds is 0. The van der Waals surface area contributed by atoms with Crippen LogP contribution >= 0.6 is 0 Å². The fourth-order valence-corrected chi connectivity index (χ4v) is 8.29. The van der Waals surface area contributed by atoms with Crippen LogP contribution in [0.4, 0.5) is 22.7 Å². The second-order valence-electron chi connectivity index (χ2n) is 21.5. The molecule has 68 heavy (non-hydrogen) atoms. The molecule has 0 unspecified atom stereocenters. The molecule has 0 bridgehead atoms. The summed E-state index contributed by atoms with van der Waals surface area (Å²) >= 11 is 0. The van der Waals surface area contributed by atoms with Gasteiger partial charge in [-0.3, -0.25) is 0 Å². The number of aryl methyl sites for hydroxylation is 5. The van der Waals surface area contributed by atoms with Crippen molar-refractivity contribution < 1.29 is 56.0 Å². The summed E-state index contributed by atoms with van der Waals surface area (Å²) in [4.78, 5) is 0. The Morgan fingerprint density at radius 2 is 0.809 bits per heavy atom. The molecule has 384 valence electrons. The van der Waals surface area contributed by atoms with Crippen molar-refractivity contribution in [1.29, 1.82) is 0 Å². The minimum Gasteiger partial charge on any atom is -0.493 e. The van der Waals surface area contributed by atoms with Crippen LogP contribution in [-0.4, -0.2) is 13.2 Å². The van der Waals surface area contributed by atoms with Gasteiger partial charge in [-0.1, -0.05) is 120 Å². The van der Waals surface area contributed by atoms with Crippen molar-refractivity contribution >= 4 is 44.7 Å². The first-order valence-corrected chi connectivity index (χ1v) is 22.2. The summed E-state index contributed by atoms with van der Waals surface area (Å²) in [5.41, 5.74) is 42.0. The minimum atomic E-state index is 0. The standard InChI is InChI=1S/C14H19NO.C14H21NO.C13H19NO.C13H17NO.5CH4.Ar/c1-8-6-11(14(3,4)5)13-10(12(8)15)7-9(2)16-13;1-9-8-11(14(2,3)4)13-10(12(9)15)6-5-7-16-13;2*1-8-7-10(13(2,3)4)12-9(11(8)14)5-6-15-12;;;;;;/h6-7H,15H2,1-5H3;8H,5-7,15H2,1-4H3;7H,5-6,14H2,1-4H3;5-7H,14H2,1-4H3;5*1H4;. The van der Waals surface area contributed by atoms with Gasteiger partial charge in [-0.25, -0.2) is 0 Å². The molecule has 6 aromatic rings. The summed E-state index contributed by atoms with van der Waals surface area (Å²) in [6.07, 6.45) is 4.78. The first kappa shape index (κ1) is 66.1. The molecule has 0 fully saturated rings. The molecule has 0 radical (unpaired) electrons. The summed E-state index contributed by atoms with van der Waals surface area (Å²) in [6, 6.07) is 12.6. The van der Waals surface area contributed by atoms with Crippen LogP contribution in [0, 0.1) is 72.4 Å². The first-order chi connectivity index (χ1) is 28.5. The van der Waals surface area contributed by atoms with E-state index in [9.17, 15) is 0 Å². The monoisotopic (exact) mass is 965 g/mol. The summed E-state index contributed by atoms with van der Waals surface area (Å²) in [5, 5.41) is 2.07. The Labute approximate surface area is 445 Å². The van der Waals surface area contributed by atoms with E-state index in [0.717, 1.165) is 106 Å². The van der Waals surface area contributed by atoms with Crippen molar-refractivity contribution in [2.24, 2.45) is 0 Å². The minimum absolute atomic E-state index is 0. The summed E-state index contributed by atoms with van der Waals surface area (Å²) in [7, 11) is 0. The van der Waals surface area contributed by atoms with Crippen molar-refractivity contribution in [2.45, 2.75) is 196 Å². The maximum absolute atomic E-state index is 6.14. The number of nitrogens with two attached hydrogens (primary N) is 4. The fraction of sp³-hybridized carbons (Fsp3) is 0.525. The van der Waals surface area contributed by atoms with Crippen LogP contribution < -0.4 is 32.4 Å². The number of benzene rings is 4. The van der Waals surface area contributed by atoms with Crippen molar-refractivity contribution in [2.75, 3.05) is 36.1 Å². The van der Waals surface area contributed by atoms with Crippen molar-refractivity contribution in [3.8, 4) is 11.5 Å². The summed E-state index contributed by atoms with van der Waals surface area (Å²) in [6.45, 7) is 38.2. The number of fused-ring (bicyclic) bond motifs is 4. The molecular weight excluding hydrogens is 869 g/mol. The van der Waals surface area contributed by atoms with E-state index in [1.165, 1.54) is 44.5 Å². The van der Waals surface area contributed by atoms with Crippen molar-refractivity contribution in [1.82, 2.24) is 0 Å². The van der Waals surface area contributed by atoms with Crippen molar-refractivity contribution in [3.05, 3.63) is 104 Å². The molecule has 8 nitrogen and oxygen atoms in total. The van der Waals surface area contributed by atoms with Gasteiger partial charge in [0.1, 0.15) is 28.4 Å². The van der Waals surface area contributed by atoms with Gasteiger partial charge in [0, 0.05) is 111 Å². The van der Waals surface area contributed by atoms with Crippen LogP contribution in [0.15, 0.2) is 51.5 Å². The number of hydrogen-bond acceptors (Lipinski definition) is 8. The summed E-state index contributed by atoms with van der Waals surface area (Å²) in [5.74, 6) is 2.99. The maximum atomic E-state index is 6.14. The van der Waals surface area contributed by atoms with E-state index < -0.39 is 0 Å². The van der Waals surface area contributed by atoms with Crippen LogP contribution in [-0.2, 0) is 34.5 Å². The smallest absolute Gasteiger partial charge is 0.140 e. The van der Waals surface area contributed by atoms with E-state index in [1.54, 1.807) is 6.26 Å². The molecule has 0 spiro atoms. The third-order valence-electron chi connectivity index (χ3n) is 12.1. The molecule has 2 aliphatic rings. The number of nitrogen functional groups attached to an aromatic ring is 4. The molecule has 8 rings (SSSR count). The molecule has 0 saturated heterocycles. The zero-order valence-corrected chi connectivity index (χ0v) is 42.1. The number of furan rings is 2. The Balaban J connectivity index is 0. The molecular formula is C59H96ArN4O4. The Hall–Kier alpha value is -3.98. The quantitative estimate of drug-likeness (QED) is 0.110. The van der Waals surface area contributed by atoms with Crippen LogP contribution in [0.25, 0.3) is 21.9 Å². The fourth-order valence-electron chi connectivity index (χ4n) is 8.29. The van der Waals surface area contributed by atoms with Gasteiger partial charge in [0.05, 0.1) is 19.5 Å². The zero-order valence-electron chi connectivity index (χ0n) is 41.4. The van der Waals surface area contributed by atoms with E-state index in [-0.39, 0.29) is 96.5 Å². The van der Waals surface area contributed by atoms with Gasteiger partial charge < -0.3 is 41.2 Å². The average molecular weight is 965 g/mol. The molecule has 0 aliphatic carbocycles. The Bertz CT molecular complexity index is 2590. The Morgan fingerprint density at radius 3 is 1.25 bits per heavy atom. The van der Waals surface area contributed by atoms with Crippen LogP contribution in [0.1, 0.15) is 188 Å². The Kier molecular flexibility index (Phi) is 24.0. The third kappa shape index (κ3) is 14.3. The number of anilines is 4. The Morgan fingerprint density at radius 1 is 0.441 bits per heavy atom. The summed E-state index contributed by atoms with van der Waals surface area (Å²) < 4.78 is 22.9. The van der Waals surface area contributed by atoms with Crippen LogP contribution in [0.2, 0.25) is 0 Å². The average Bonchev–Trinajstić information content (AvgIpc) is 3.94. The predicted octanol–water partition coefficient (Wildman–Crippen LogP) is 16.7. The van der Waals surface area contributed by atoms with Gasteiger partial charge >= 0.3 is 0 Å². The largest absolute Gasteiger partial charge is 0.493 e. The van der Waals surface area contributed by atoms with Crippen molar-refractivity contribution in [3.63, 3.8) is 0 Å². The molecule has 8 N–H and O–H groups in total. The molecule has 4 aromatic carbocycles. The first-order valence-electron chi connectivity index (χ1n) is 22.2. The van der Waals surface area contributed by atoms with Crippen LogP contribution in [0.3, 0.4) is 0 Å². The molecule has 4 heterocycles. The zero-order chi connectivity index (χ0) is 46.4. The molecule has 0 amide bonds. The topological polar surface area (TPSA) is 149 Å². The number of ether oxygens (including phenoxy) is 2. The van der Waals surface area contributed by atoms with Gasteiger partial charge in [-0.2, -0.15) is 0 Å². The van der Waals surface area contributed by atoms with E-state index >= 15 is 0 Å². The predicted molar refractivity (Wildman–Crippen MR) is 298 cm³/mol. The molecule has 2 aliphatic heterocycles. The third-order valence-corrected chi connectivity index (χ3v) is 12.1. The molecule has 0 atom stereocenters. The SMILES string of the molecule is C.C.C.C.C.Cc1cc(C(C)(C)C)c2c(c1N)CCCO2.Cc1cc(C(C)(C)C)c2c(c1N)CCO2.Cc1cc(C(C)(C)C)c2occc2c1N.Cc1cc2c(N)c(C)cc(C(C)(C)C)c2o1.[Ar]. The van der Waals surface area contributed by atoms with E-state index in [1.807, 2.05) is 32.9 Å². The van der Waals surface area contributed by atoms with Gasteiger partial charge in [-0.15, -0.1) is 0 Å². The number of hydrogen-bond donors (Lipinski definition) is 4. The second-order valence-corrected chi connectivity index (χ2v) is 21.5. The van der Waals surface area contributed by atoms with Gasteiger partial charge in [0.15, 0.2) is 0 Å². The van der Waals surface area contributed by atoms with E-state index in [2.05, 4.69) is 121 Å². The second kappa shape index (κ2) is 24.7. The van der Waals surface area contributed by atoms with Crippen LogP contribution in [0.5, 0.6) is 11.5 Å². The molecule has 0 saturated carbocycles. The normalized spacial score (nSPS) is 12.5. The molecule has 2 aromatic heterocycles. The molecule has 9 heteroatoms. The van der Waals surface area contributed by atoms with Gasteiger partial charge in [0.25, 0.3) is 0 Å². The van der Waals surface area contributed by atoms with E-state index in [0.29, 0.717) is 0 Å². The maximum Gasteiger partial charge on any atom is 0.140 e. The van der Waals surface area contributed by atoms with Gasteiger partial charge in [-0.05, 0) is 128 Å². The van der Waals surface area contributed by atoms with E-state index in [4.69, 9.17) is 41.2 Å². The van der Waals surface area contributed by atoms with Gasteiger partial charge in [0.2, 0.25) is 0 Å².